The summed E-state index contributed by atoms with van der Waals surface area (Å²) in [5.41, 5.74) is 4.77. The van der Waals surface area contributed by atoms with Gasteiger partial charge >= 0.3 is 0 Å². The van der Waals surface area contributed by atoms with Crippen LogP contribution in [0.4, 0.5) is 0 Å². The molecule has 0 aliphatic carbocycles. The van der Waals surface area contributed by atoms with Crippen molar-refractivity contribution in [1.29, 1.82) is 0 Å². The van der Waals surface area contributed by atoms with E-state index in [1.54, 1.807) is 0 Å². The molecule has 0 bridgehead atoms. The second-order valence-electron chi connectivity index (χ2n) is 4.15. The lowest BCUT2D eigenvalue weighted by atomic mass is 10.0. The highest BCUT2D eigenvalue weighted by atomic mass is 14.8. The summed E-state index contributed by atoms with van der Waals surface area (Å²) in [5.74, 6) is 0. The van der Waals surface area contributed by atoms with Gasteiger partial charge in [-0.1, -0.05) is 31.2 Å². The van der Waals surface area contributed by atoms with Gasteiger partial charge in [-0.25, -0.2) is 4.98 Å². The van der Waals surface area contributed by atoms with Crippen LogP contribution < -0.4 is 0 Å². The summed E-state index contributed by atoms with van der Waals surface area (Å²) < 4.78 is 0. The summed E-state index contributed by atoms with van der Waals surface area (Å²) in [7, 11) is 0. The number of benzene rings is 1. The molecular weight excluding hydrogens is 208 g/mol. The lowest BCUT2D eigenvalue weighted by Gasteiger charge is -2.01. The lowest BCUT2D eigenvalue weighted by molar-refractivity contribution is 1.14. The van der Waals surface area contributed by atoms with E-state index in [2.05, 4.69) is 47.2 Å². The Labute approximate surface area is 100 Å². The van der Waals surface area contributed by atoms with Gasteiger partial charge in [0.05, 0.1) is 0 Å². The first-order valence-corrected chi connectivity index (χ1v) is 5.90. The number of fused-ring (bicyclic) bond motifs is 1. The normalized spacial score (nSPS) is 10.9. The topological polar surface area (TPSA) is 28.7 Å². The average molecular weight is 222 g/mol. The van der Waals surface area contributed by atoms with Crippen LogP contribution in [0.1, 0.15) is 12.5 Å². The van der Waals surface area contributed by atoms with Gasteiger partial charge in [0.2, 0.25) is 0 Å². The van der Waals surface area contributed by atoms with E-state index in [4.69, 9.17) is 0 Å². The van der Waals surface area contributed by atoms with Gasteiger partial charge in [0.25, 0.3) is 0 Å². The fourth-order valence-corrected chi connectivity index (χ4v) is 2.11. The van der Waals surface area contributed by atoms with Crippen LogP contribution >= 0.6 is 0 Å². The number of aryl methyl sites for hydroxylation is 1. The number of aromatic amines is 1. The summed E-state index contributed by atoms with van der Waals surface area (Å²) in [6.45, 7) is 2.17. The predicted molar refractivity (Wildman–Crippen MR) is 70.9 cm³/mol. The van der Waals surface area contributed by atoms with Gasteiger partial charge in [0.15, 0.2) is 0 Å². The van der Waals surface area contributed by atoms with Crippen molar-refractivity contribution in [3.05, 3.63) is 54.4 Å². The van der Waals surface area contributed by atoms with E-state index in [1.165, 1.54) is 22.1 Å². The van der Waals surface area contributed by atoms with Crippen molar-refractivity contribution < 1.29 is 0 Å². The number of nitrogens with one attached hydrogen (secondary N) is 1. The van der Waals surface area contributed by atoms with Crippen molar-refractivity contribution >= 4 is 11.0 Å². The molecular formula is C15H14N2. The molecule has 2 heteroatoms. The number of hydrogen-bond donors (Lipinski definition) is 1. The third kappa shape index (κ3) is 1.72. The molecule has 0 saturated heterocycles. The van der Waals surface area contributed by atoms with Crippen LogP contribution in [0.15, 0.2) is 48.8 Å². The number of aromatic nitrogens is 2. The SMILES string of the molecule is CCc1ccc(-c2c[nH]c3ncccc23)cc1. The molecule has 0 fully saturated rings. The number of hydrogen-bond acceptors (Lipinski definition) is 1. The minimum atomic E-state index is 0.946. The smallest absolute Gasteiger partial charge is 0.137 e. The van der Waals surface area contributed by atoms with E-state index in [-0.39, 0.29) is 0 Å². The minimum Gasteiger partial charge on any atom is -0.346 e. The summed E-state index contributed by atoms with van der Waals surface area (Å²) in [6.07, 6.45) is 4.91. The third-order valence-electron chi connectivity index (χ3n) is 3.12. The fourth-order valence-electron chi connectivity index (χ4n) is 2.11. The zero-order valence-electron chi connectivity index (χ0n) is 9.77. The first-order chi connectivity index (χ1) is 8.38. The van der Waals surface area contributed by atoms with Crippen LogP contribution in [0, 0.1) is 0 Å². The Morgan fingerprint density at radius 3 is 2.71 bits per heavy atom. The summed E-state index contributed by atoms with van der Waals surface area (Å²) in [4.78, 5) is 7.51. The Bertz CT molecular complexity index is 635. The maximum absolute atomic E-state index is 4.31. The van der Waals surface area contributed by atoms with E-state index in [0.717, 1.165) is 12.1 Å². The standard InChI is InChI=1S/C15H14N2/c1-2-11-5-7-12(8-6-11)14-10-17-15-13(14)4-3-9-16-15/h3-10H,2H2,1H3,(H,16,17). The zero-order valence-corrected chi connectivity index (χ0v) is 9.77. The monoisotopic (exact) mass is 222 g/mol. The first-order valence-electron chi connectivity index (χ1n) is 5.90. The van der Waals surface area contributed by atoms with E-state index in [0.29, 0.717) is 0 Å². The van der Waals surface area contributed by atoms with E-state index < -0.39 is 0 Å². The zero-order chi connectivity index (χ0) is 11.7. The second-order valence-corrected chi connectivity index (χ2v) is 4.15. The van der Waals surface area contributed by atoms with Gasteiger partial charge in [-0.2, -0.15) is 0 Å². The number of nitrogens with zero attached hydrogens (tertiary/aromatic N) is 1. The van der Waals surface area contributed by atoms with Crippen molar-refractivity contribution in [2.24, 2.45) is 0 Å². The Balaban J connectivity index is 2.13. The van der Waals surface area contributed by atoms with Crippen LogP contribution in [0.2, 0.25) is 0 Å². The largest absolute Gasteiger partial charge is 0.346 e. The highest BCUT2D eigenvalue weighted by Crippen LogP contribution is 2.27. The molecule has 0 amide bonds. The van der Waals surface area contributed by atoms with Gasteiger partial charge in [-0.3, -0.25) is 0 Å². The summed E-state index contributed by atoms with van der Waals surface area (Å²) in [6, 6.07) is 12.8. The highest BCUT2D eigenvalue weighted by Gasteiger charge is 2.05. The molecule has 0 atom stereocenters. The molecule has 0 saturated carbocycles. The van der Waals surface area contributed by atoms with Crippen LogP contribution in [0.5, 0.6) is 0 Å². The number of H-pyrrole nitrogens is 1. The van der Waals surface area contributed by atoms with Crippen LogP contribution in [0.25, 0.3) is 22.2 Å². The molecule has 3 rings (SSSR count). The average Bonchev–Trinajstić information content (AvgIpc) is 2.83. The lowest BCUT2D eigenvalue weighted by Crippen LogP contribution is -1.80. The van der Waals surface area contributed by atoms with Gasteiger partial charge in [0.1, 0.15) is 5.65 Å². The van der Waals surface area contributed by atoms with E-state index >= 15 is 0 Å². The Morgan fingerprint density at radius 1 is 1.12 bits per heavy atom. The quantitative estimate of drug-likeness (QED) is 0.702. The van der Waals surface area contributed by atoms with Crippen molar-refractivity contribution in [3.8, 4) is 11.1 Å². The van der Waals surface area contributed by atoms with Gasteiger partial charge in [-0.05, 0) is 29.7 Å². The molecule has 2 aromatic heterocycles. The molecule has 3 aromatic rings. The highest BCUT2D eigenvalue weighted by molar-refractivity contribution is 5.93. The van der Waals surface area contributed by atoms with Gasteiger partial charge in [0, 0.05) is 23.3 Å². The Hall–Kier alpha value is -2.09. The first kappa shape index (κ1) is 10.1. The van der Waals surface area contributed by atoms with Crippen molar-refractivity contribution in [3.63, 3.8) is 0 Å². The maximum Gasteiger partial charge on any atom is 0.137 e. The third-order valence-corrected chi connectivity index (χ3v) is 3.12. The Morgan fingerprint density at radius 2 is 1.94 bits per heavy atom. The minimum absolute atomic E-state index is 0.946. The molecule has 0 spiro atoms. The molecule has 17 heavy (non-hydrogen) atoms. The van der Waals surface area contributed by atoms with Crippen molar-refractivity contribution in [1.82, 2.24) is 9.97 Å². The molecule has 2 nitrogen and oxygen atoms in total. The molecule has 0 unspecified atom stereocenters. The van der Waals surface area contributed by atoms with Gasteiger partial charge < -0.3 is 4.98 Å². The molecule has 0 radical (unpaired) electrons. The number of rotatable bonds is 2. The predicted octanol–water partition coefficient (Wildman–Crippen LogP) is 3.79. The van der Waals surface area contributed by atoms with Crippen LogP contribution in [0.3, 0.4) is 0 Å². The Kier molecular flexibility index (Phi) is 2.41. The van der Waals surface area contributed by atoms with Crippen LogP contribution in [-0.2, 0) is 6.42 Å². The van der Waals surface area contributed by atoms with Gasteiger partial charge in [-0.15, -0.1) is 0 Å². The molecule has 84 valence electrons. The second kappa shape index (κ2) is 4.06. The van der Waals surface area contributed by atoms with E-state index in [1.807, 2.05) is 18.5 Å². The molecule has 2 heterocycles. The van der Waals surface area contributed by atoms with E-state index in [9.17, 15) is 0 Å². The number of pyridine rings is 1. The maximum atomic E-state index is 4.31. The summed E-state index contributed by atoms with van der Waals surface area (Å²) in [5, 5.41) is 1.18. The fraction of sp³-hybridized carbons (Fsp3) is 0.133. The van der Waals surface area contributed by atoms with Crippen molar-refractivity contribution in [2.75, 3.05) is 0 Å². The van der Waals surface area contributed by atoms with Crippen molar-refractivity contribution in [2.45, 2.75) is 13.3 Å². The molecule has 0 aliphatic rings. The molecule has 1 aromatic carbocycles. The summed E-state index contributed by atoms with van der Waals surface area (Å²) >= 11 is 0. The van der Waals surface area contributed by atoms with Crippen LogP contribution in [-0.4, -0.2) is 9.97 Å². The molecule has 0 aliphatic heterocycles. The molecule has 1 N–H and O–H groups in total.